The van der Waals surface area contributed by atoms with Gasteiger partial charge in [-0.05, 0) is 30.2 Å². The van der Waals surface area contributed by atoms with Gasteiger partial charge >= 0.3 is 0 Å². The number of Topliss-reactive ketones (excluding diaryl/α,β-unsaturated/α-hetero) is 1. The Morgan fingerprint density at radius 3 is 2.44 bits per heavy atom. The second-order valence-electron chi connectivity index (χ2n) is 9.46. The van der Waals surface area contributed by atoms with Gasteiger partial charge < -0.3 is 4.90 Å². The molecule has 2 aromatic rings. The topological polar surface area (TPSA) is 70.1 Å². The van der Waals surface area contributed by atoms with Crippen molar-refractivity contribution in [3.05, 3.63) is 82.7 Å². The minimum atomic E-state index is -0.364. The minimum absolute atomic E-state index is 0.199. The van der Waals surface area contributed by atoms with Crippen LogP contribution >= 0.6 is 0 Å². The molecule has 2 amide bonds. The maximum atomic E-state index is 13.3. The molecule has 6 nitrogen and oxygen atoms in total. The van der Waals surface area contributed by atoms with Gasteiger partial charge in [0.15, 0.2) is 0 Å². The molecule has 2 aromatic carbocycles. The van der Waals surface area contributed by atoms with E-state index in [4.69, 9.17) is 0 Å². The van der Waals surface area contributed by atoms with Gasteiger partial charge in [-0.2, -0.15) is 0 Å². The van der Waals surface area contributed by atoms with E-state index < -0.39 is 0 Å². The number of carbonyl (C=O) groups is 3. The van der Waals surface area contributed by atoms with E-state index in [1.165, 1.54) is 10.5 Å². The number of fused-ring (bicyclic) bond motifs is 1. The largest absolute Gasteiger partial charge is 0.346 e. The predicted octanol–water partition coefficient (Wildman–Crippen LogP) is 4.76. The highest BCUT2D eigenvalue weighted by molar-refractivity contribution is 6.56. The zero-order valence-electron chi connectivity index (χ0n) is 19.9. The molecule has 0 radical (unpaired) electrons. The molecule has 2 heterocycles. The number of benzene rings is 2. The Morgan fingerprint density at radius 1 is 0.971 bits per heavy atom. The Labute approximate surface area is 199 Å². The summed E-state index contributed by atoms with van der Waals surface area (Å²) in [7, 11) is 1.99. The molecule has 0 saturated carbocycles. The molecule has 0 N–H and O–H groups in total. The van der Waals surface area contributed by atoms with E-state index in [0.29, 0.717) is 28.8 Å². The summed E-state index contributed by atoms with van der Waals surface area (Å²) < 4.78 is 0. The fourth-order valence-corrected chi connectivity index (χ4v) is 5.15. The number of anilines is 1. The van der Waals surface area contributed by atoms with Gasteiger partial charge in [0.05, 0.1) is 5.57 Å². The van der Waals surface area contributed by atoms with Gasteiger partial charge in [0.2, 0.25) is 5.78 Å². The third kappa shape index (κ3) is 3.09. The minimum Gasteiger partial charge on any atom is -0.346 e. The van der Waals surface area contributed by atoms with Crippen LogP contribution in [0.4, 0.5) is 5.69 Å². The van der Waals surface area contributed by atoms with Crippen molar-refractivity contribution in [1.82, 2.24) is 4.90 Å². The van der Waals surface area contributed by atoms with Gasteiger partial charge in [0.25, 0.3) is 11.8 Å². The second kappa shape index (κ2) is 7.90. The molecular formula is C28H27N3O3. The average Bonchev–Trinajstić information content (AvgIpc) is 3.03. The summed E-state index contributed by atoms with van der Waals surface area (Å²) in [6, 6.07) is 13.2. The van der Waals surface area contributed by atoms with E-state index in [9.17, 15) is 14.4 Å². The fourth-order valence-electron chi connectivity index (χ4n) is 5.15. The summed E-state index contributed by atoms with van der Waals surface area (Å²) in [6.07, 6.45) is 4.88. The Bertz CT molecular complexity index is 1350. The number of allylic oxidation sites excluding steroid dienone is 2. The summed E-state index contributed by atoms with van der Waals surface area (Å²) >= 11 is 0. The van der Waals surface area contributed by atoms with Gasteiger partial charge in [-0.15, -0.1) is 0 Å². The number of para-hydroxylation sites is 1. The zero-order valence-corrected chi connectivity index (χ0v) is 19.9. The van der Waals surface area contributed by atoms with Crippen molar-refractivity contribution >= 4 is 34.6 Å². The maximum absolute atomic E-state index is 13.3. The number of carbonyl (C=O) groups excluding carboxylic acids is 3. The first kappa shape index (κ1) is 22.0. The lowest BCUT2D eigenvalue weighted by atomic mass is 9.82. The summed E-state index contributed by atoms with van der Waals surface area (Å²) in [5, 5.41) is 0. The summed E-state index contributed by atoms with van der Waals surface area (Å²) in [4.78, 5) is 47.6. The molecule has 3 aliphatic rings. The maximum Gasteiger partial charge on any atom is 0.261 e. The summed E-state index contributed by atoms with van der Waals surface area (Å²) in [5.41, 5.74) is 4.73. The number of hydrogen-bond donors (Lipinski definition) is 0. The van der Waals surface area contributed by atoms with Crippen LogP contribution in [-0.2, 0) is 10.2 Å². The molecule has 2 aliphatic heterocycles. The Balaban J connectivity index is 1.61. The SMILES string of the molecule is CCCCN1C(=O)C2=CC(=N/C=C3/N(C)c4ccccc4C3(C)C)C(=O)c3cccc(c32)C1=O. The standard InChI is InChI=1S/C28H27N3O3/c1-5-6-14-31-26(33)18-11-9-10-17-24(18)19(27(31)34)15-21(25(17)32)29-16-23-28(2,3)20-12-7-8-13-22(20)30(23)4/h7-13,15-16H,5-6,14H2,1-4H3/b23-16+,29-21?. The van der Waals surface area contributed by atoms with E-state index in [0.717, 1.165) is 24.2 Å². The van der Waals surface area contributed by atoms with E-state index in [1.54, 1.807) is 30.5 Å². The average molecular weight is 454 g/mol. The number of imide groups is 1. The molecular weight excluding hydrogens is 426 g/mol. The molecule has 0 saturated heterocycles. The van der Waals surface area contributed by atoms with Gasteiger partial charge in [-0.25, -0.2) is 0 Å². The highest BCUT2D eigenvalue weighted by Gasteiger charge is 2.41. The monoisotopic (exact) mass is 453 g/mol. The van der Waals surface area contributed by atoms with E-state index in [2.05, 4.69) is 35.9 Å². The van der Waals surface area contributed by atoms with Crippen LogP contribution in [0.1, 0.15) is 65.5 Å². The molecule has 0 bridgehead atoms. The fraction of sp³-hybridized carbons (Fsp3) is 0.286. The van der Waals surface area contributed by atoms with E-state index in [1.807, 2.05) is 26.1 Å². The number of rotatable bonds is 4. The predicted molar refractivity (Wildman–Crippen MR) is 133 cm³/mol. The van der Waals surface area contributed by atoms with Crippen molar-refractivity contribution in [3.63, 3.8) is 0 Å². The number of likely N-dealkylation sites (N-methyl/N-ethyl adjacent to an activating group) is 1. The molecule has 0 aromatic heterocycles. The van der Waals surface area contributed by atoms with Crippen LogP contribution < -0.4 is 4.90 Å². The van der Waals surface area contributed by atoms with Crippen molar-refractivity contribution in [3.8, 4) is 0 Å². The highest BCUT2D eigenvalue weighted by Crippen LogP contribution is 2.46. The number of unbranched alkanes of at least 4 members (excludes halogenated alkanes) is 1. The molecule has 0 spiro atoms. The number of amides is 2. The first-order valence-electron chi connectivity index (χ1n) is 11.6. The number of nitrogens with zero attached hydrogens (tertiary/aromatic N) is 3. The number of ketones is 1. The zero-order chi connectivity index (χ0) is 24.2. The second-order valence-corrected chi connectivity index (χ2v) is 9.46. The lowest BCUT2D eigenvalue weighted by Crippen LogP contribution is -2.44. The Morgan fingerprint density at radius 2 is 1.71 bits per heavy atom. The molecule has 172 valence electrons. The normalized spacial score (nSPS) is 20.7. The van der Waals surface area contributed by atoms with Crippen LogP contribution in [0.15, 0.2) is 65.4 Å². The van der Waals surface area contributed by atoms with E-state index in [-0.39, 0.29) is 28.7 Å². The molecule has 0 unspecified atom stereocenters. The van der Waals surface area contributed by atoms with Crippen molar-refractivity contribution in [1.29, 1.82) is 0 Å². The van der Waals surface area contributed by atoms with Crippen LogP contribution in [0, 0.1) is 0 Å². The highest BCUT2D eigenvalue weighted by atomic mass is 16.2. The molecule has 1 aliphatic carbocycles. The van der Waals surface area contributed by atoms with Crippen molar-refractivity contribution in [2.24, 2.45) is 4.99 Å². The molecule has 34 heavy (non-hydrogen) atoms. The van der Waals surface area contributed by atoms with E-state index >= 15 is 0 Å². The summed E-state index contributed by atoms with van der Waals surface area (Å²) in [6.45, 7) is 6.64. The van der Waals surface area contributed by atoms with Crippen LogP contribution in [0.2, 0.25) is 0 Å². The Kier molecular flexibility index (Phi) is 5.12. The van der Waals surface area contributed by atoms with Crippen LogP contribution in [-0.4, -0.2) is 41.8 Å². The summed E-state index contributed by atoms with van der Waals surface area (Å²) in [5.74, 6) is -0.983. The molecule has 0 fully saturated rings. The lowest BCUT2D eigenvalue weighted by Gasteiger charge is -2.31. The van der Waals surface area contributed by atoms with Gasteiger partial charge in [-0.1, -0.05) is 57.5 Å². The van der Waals surface area contributed by atoms with Crippen molar-refractivity contribution in [2.45, 2.75) is 39.0 Å². The first-order chi connectivity index (χ1) is 16.3. The van der Waals surface area contributed by atoms with Crippen LogP contribution in [0.3, 0.4) is 0 Å². The lowest BCUT2D eigenvalue weighted by molar-refractivity contribution is -0.122. The third-order valence-corrected chi connectivity index (χ3v) is 7.04. The smallest absolute Gasteiger partial charge is 0.261 e. The van der Waals surface area contributed by atoms with Crippen molar-refractivity contribution in [2.75, 3.05) is 18.5 Å². The van der Waals surface area contributed by atoms with Crippen LogP contribution in [0.5, 0.6) is 0 Å². The van der Waals surface area contributed by atoms with Gasteiger partial charge in [-0.3, -0.25) is 24.3 Å². The number of hydrogen-bond acceptors (Lipinski definition) is 5. The van der Waals surface area contributed by atoms with Crippen LogP contribution in [0.25, 0.3) is 5.57 Å². The Hall–Kier alpha value is -3.80. The quantitative estimate of drug-likeness (QED) is 0.626. The number of aliphatic imine (C=N–C) groups is 1. The van der Waals surface area contributed by atoms with Crippen molar-refractivity contribution < 1.29 is 14.4 Å². The van der Waals surface area contributed by atoms with Gasteiger partial charge in [0.1, 0.15) is 5.71 Å². The van der Waals surface area contributed by atoms with Gasteiger partial charge in [0, 0.05) is 53.3 Å². The third-order valence-electron chi connectivity index (χ3n) is 7.04. The molecule has 6 heteroatoms. The first-order valence-corrected chi connectivity index (χ1v) is 11.6. The molecule has 5 rings (SSSR count). The molecule has 0 atom stereocenters.